The first-order valence-corrected chi connectivity index (χ1v) is 4.41. The van der Waals surface area contributed by atoms with Crippen LogP contribution in [-0.2, 0) is 4.79 Å². The fourth-order valence-corrected chi connectivity index (χ4v) is 1.51. The van der Waals surface area contributed by atoms with Crippen molar-refractivity contribution in [3.63, 3.8) is 0 Å². The van der Waals surface area contributed by atoms with E-state index in [0.29, 0.717) is 11.3 Å². The molecule has 0 bridgehead atoms. The number of benzene rings is 1. The van der Waals surface area contributed by atoms with Gasteiger partial charge >= 0.3 is 0 Å². The second kappa shape index (κ2) is 3.53. The molecule has 2 rings (SSSR count). The lowest BCUT2D eigenvalue weighted by molar-refractivity contribution is -0.468. The number of carbonyl (C=O) groups is 1. The molecule has 0 spiro atoms. The van der Waals surface area contributed by atoms with Crippen LogP contribution in [0.4, 0.5) is 5.69 Å². The number of amides is 1. The topological polar surface area (TPSA) is 72.2 Å². The molecule has 76 valence electrons. The highest BCUT2D eigenvalue weighted by atomic mass is 16.6. The van der Waals surface area contributed by atoms with Gasteiger partial charge in [-0.1, -0.05) is 18.2 Å². The van der Waals surface area contributed by atoms with Gasteiger partial charge in [-0.3, -0.25) is 14.9 Å². The average molecular weight is 204 g/mol. The van der Waals surface area contributed by atoms with E-state index in [1.54, 1.807) is 24.3 Å². The molecular formula is C10H8N2O3. The van der Waals surface area contributed by atoms with Crippen LogP contribution < -0.4 is 5.32 Å². The molecule has 1 aliphatic heterocycles. The van der Waals surface area contributed by atoms with Crippen LogP contribution in [0.3, 0.4) is 0 Å². The van der Waals surface area contributed by atoms with E-state index in [1.807, 2.05) is 0 Å². The molecule has 5 nitrogen and oxygen atoms in total. The van der Waals surface area contributed by atoms with E-state index in [2.05, 4.69) is 5.32 Å². The zero-order valence-corrected chi connectivity index (χ0v) is 7.77. The van der Waals surface area contributed by atoms with Crippen LogP contribution in [0.15, 0.2) is 30.3 Å². The normalized spacial score (nSPS) is 16.3. The molecule has 0 fully saturated rings. The van der Waals surface area contributed by atoms with Crippen LogP contribution in [0.2, 0.25) is 0 Å². The second-order valence-corrected chi connectivity index (χ2v) is 3.13. The summed E-state index contributed by atoms with van der Waals surface area (Å²) in [5.41, 5.74) is 1.81. The molecule has 0 aromatic heterocycles. The van der Waals surface area contributed by atoms with Crippen molar-refractivity contribution in [2.45, 2.75) is 0 Å². The van der Waals surface area contributed by atoms with Gasteiger partial charge in [0.15, 0.2) is 0 Å². The first-order chi connectivity index (χ1) is 7.18. The number of rotatable bonds is 2. The van der Waals surface area contributed by atoms with Crippen molar-refractivity contribution in [2.75, 3.05) is 11.9 Å². The van der Waals surface area contributed by atoms with Gasteiger partial charge in [0.1, 0.15) is 0 Å². The summed E-state index contributed by atoms with van der Waals surface area (Å²) in [5.74, 6) is -0.280. The van der Waals surface area contributed by atoms with Crippen molar-refractivity contribution in [1.82, 2.24) is 0 Å². The van der Waals surface area contributed by atoms with Crippen molar-refractivity contribution in [3.05, 3.63) is 46.0 Å². The van der Waals surface area contributed by atoms with Crippen molar-refractivity contribution in [3.8, 4) is 0 Å². The minimum absolute atomic E-state index is 0.280. The summed E-state index contributed by atoms with van der Waals surface area (Å²) in [6, 6.07) is 7.12. The number of fused-ring (bicyclic) bond motifs is 1. The Hall–Kier alpha value is -2.17. The molecule has 1 aromatic rings. The molecule has 0 aliphatic carbocycles. The summed E-state index contributed by atoms with van der Waals surface area (Å²) in [6.07, 6.45) is 1.33. The SMILES string of the molecule is O=C1Nc2ccccc2C1=CC[N+](=O)[O-]. The van der Waals surface area contributed by atoms with Gasteiger partial charge in [0.05, 0.1) is 5.57 Å². The zero-order chi connectivity index (χ0) is 10.8. The molecule has 0 unspecified atom stereocenters. The fraction of sp³-hybridized carbons (Fsp3) is 0.100. The molecule has 1 amide bonds. The Kier molecular flexibility index (Phi) is 2.21. The third-order valence-corrected chi connectivity index (χ3v) is 2.15. The number of anilines is 1. The molecule has 1 heterocycles. The van der Waals surface area contributed by atoms with Gasteiger partial charge in [0.2, 0.25) is 6.54 Å². The predicted octanol–water partition coefficient (Wildman–Crippen LogP) is 1.30. The van der Waals surface area contributed by atoms with Crippen LogP contribution in [-0.4, -0.2) is 17.4 Å². The Morgan fingerprint density at radius 2 is 2.13 bits per heavy atom. The smallest absolute Gasteiger partial charge is 0.256 e. The number of hydrogen-bond donors (Lipinski definition) is 1. The number of nitro groups is 1. The van der Waals surface area contributed by atoms with Crippen LogP contribution in [0.25, 0.3) is 5.57 Å². The van der Waals surface area contributed by atoms with Crippen LogP contribution in [0, 0.1) is 10.1 Å². The number of hydrogen-bond acceptors (Lipinski definition) is 3. The third-order valence-electron chi connectivity index (χ3n) is 2.15. The first kappa shape index (κ1) is 9.39. The molecule has 0 radical (unpaired) electrons. The Balaban J connectivity index is 2.37. The first-order valence-electron chi connectivity index (χ1n) is 4.41. The summed E-state index contributed by atoms with van der Waals surface area (Å²) in [4.78, 5) is 21.2. The highest BCUT2D eigenvalue weighted by molar-refractivity contribution is 6.31. The highest BCUT2D eigenvalue weighted by Gasteiger charge is 2.23. The van der Waals surface area contributed by atoms with Crippen molar-refractivity contribution < 1.29 is 9.72 Å². The van der Waals surface area contributed by atoms with Crippen molar-refractivity contribution in [2.24, 2.45) is 0 Å². The Morgan fingerprint density at radius 1 is 1.40 bits per heavy atom. The minimum atomic E-state index is -0.471. The third kappa shape index (κ3) is 1.71. The number of para-hydroxylation sites is 1. The average Bonchev–Trinajstić information content (AvgIpc) is 2.50. The summed E-state index contributed by atoms with van der Waals surface area (Å²) >= 11 is 0. The van der Waals surface area contributed by atoms with Crippen LogP contribution >= 0.6 is 0 Å². The monoisotopic (exact) mass is 204 g/mol. The standard InChI is InChI=1S/C10H8N2O3/c13-10-8(5-6-12(14)15)7-3-1-2-4-9(7)11-10/h1-5H,6H2,(H,11,13). The number of carbonyl (C=O) groups excluding carboxylic acids is 1. The summed E-state index contributed by atoms with van der Waals surface area (Å²) in [6.45, 7) is -0.336. The van der Waals surface area contributed by atoms with Gasteiger partial charge in [-0.05, 0) is 12.1 Å². The quantitative estimate of drug-likeness (QED) is 0.448. The van der Waals surface area contributed by atoms with E-state index >= 15 is 0 Å². The van der Waals surface area contributed by atoms with Crippen LogP contribution in [0.1, 0.15) is 5.56 Å². The largest absolute Gasteiger partial charge is 0.321 e. The number of nitrogens with one attached hydrogen (secondary N) is 1. The van der Waals surface area contributed by atoms with Crippen molar-refractivity contribution in [1.29, 1.82) is 0 Å². The molecule has 5 heteroatoms. The highest BCUT2D eigenvalue weighted by Crippen LogP contribution is 2.30. The lowest BCUT2D eigenvalue weighted by atomic mass is 10.1. The van der Waals surface area contributed by atoms with Crippen molar-refractivity contribution >= 4 is 17.2 Å². The molecule has 15 heavy (non-hydrogen) atoms. The molecule has 0 atom stereocenters. The lowest BCUT2D eigenvalue weighted by Crippen LogP contribution is -2.06. The van der Waals surface area contributed by atoms with E-state index in [1.165, 1.54) is 6.08 Å². The van der Waals surface area contributed by atoms with E-state index < -0.39 is 4.92 Å². The van der Waals surface area contributed by atoms with E-state index in [0.717, 1.165) is 5.56 Å². The van der Waals surface area contributed by atoms with Gasteiger partial charge in [0.25, 0.3) is 5.91 Å². The van der Waals surface area contributed by atoms with E-state index in [-0.39, 0.29) is 12.5 Å². The second-order valence-electron chi connectivity index (χ2n) is 3.13. The fourth-order valence-electron chi connectivity index (χ4n) is 1.51. The van der Waals surface area contributed by atoms with Gasteiger partial charge < -0.3 is 5.32 Å². The molecule has 0 saturated heterocycles. The summed E-state index contributed by atoms with van der Waals surface area (Å²) in [7, 11) is 0. The lowest BCUT2D eigenvalue weighted by Gasteiger charge is -1.94. The molecular weight excluding hydrogens is 196 g/mol. The molecule has 1 N–H and O–H groups in total. The molecule has 0 saturated carbocycles. The van der Waals surface area contributed by atoms with Gasteiger partial charge in [-0.25, -0.2) is 0 Å². The Labute approximate surface area is 85.6 Å². The maximum Gasteiger partial charge on any atom is 0.256 e. The Morgan fingerprint density at radius 3 is 2.87 bits per heavy atom. The summed E-state index contributed by atoms with van der Waals surface area (Å²) < 4.78 is 0. The molecule has 1 aliphatic rings. The van der Waals surface area contributed by atoms with Gasteiger partial charge in [-0.2, -0.15) is 0 Å². The zero-order valence-electron chi connectivity index (χ0n) is 7.77. The molecule has 1 aromatic carbocycles. The maximum absolute atomic E-state index is 11.4. The maximum atomic E-state index is 11.4. The van der Waals surface area contributed by atoms with E-state index in [9.17, 15) is 14.9 Å². The number of nitrogens with zero attached hydrogens (tertiary/aromatic N) is 1. The van der Waals surface area contributed by atoms with Gasteiger partial charge in [0, 0.05) is 16.2 Å². The Bertz CT molecular complexity index is 465. The van der Waals surface area contributed by atoms with Crippen LogP contribution in [0.5, 0.6) is 0 Å². The van der Waals surface area contributed by atoms with E-state index in [4.69, 9.17) is 0 Å². The van der Waals surface area contributed by atoms with Gasteiger partial charge in [-0.15, -0.1) is 0 Å². The minimum Gasteiger partial charge on any atom is -0.321 e. The summed E-state index contributed by atoms with van der Waals surface area (Å²) in [5, 5.41) is 12.8. The predicted molar refractivity (Wildman–Crippen MR) is 54.9 cm³/mol.